The minimum Gasteiger partial charge on any atom is -0.507 e. The fraction of sp³-hybridized carbons (Fsp3) is 0. The molecule has 0 amide bonds. The van der Waals surface area contributed by atoms with Gasteiger partial charge in [0.25, 0.3) is 0 Å². The van der Waals surface area contributed by atoms with Crippen molar-refractivity contribution in [2.75, 3.05) is 5.32 Å². The number of phenols is 1. The number of anilines is 2. The highest BCUT2D eigenvalue weighted by molar-refractivity contribution is 9.10. The normalized spacial score (nSPS) is 10.6. The number of nitrogens with one attached hydrogen (secondary N) is 1. The van der Waals surface area contributed by atoms with Crippen LogP contribution in [-0.2, 0) is 0 Å². The third-order valence-electron chi connectivity index (χ3n) is 3.09. The molecule has 0 aliphatic rings. The van der Waals surface area contributed by atoms with E-state index in [4.69, 9.17) is 5.11 Å². The molecular weight excluding hydrogens is 350 g/mol. The molecule has 7 heteroatoms. The van der Waals surface area contributed by atoms with Gasteiger partial charge in [-0.2, -0.15) is 0 Å². The molecule has 0 spiro atoms. The van der Waals surface area contributed by atoms with Crippen molar-refractivity contribution in [2.45, 2.75) is 0 Å². The maximum atomic E-state index is 11.1. The van der Waals surface area contributed by atoms with Gasteiger partial charge in [0.2, 0.25) is 0 Å². The van der Waals surface area contributed by atoms with Gasteiger partial charge >= 0.3 is 5.97 Å². The van der Waals surface area contributed by atoms with Gasteiger partial charge in [-0.3, -0.25) is 0 Å². The summed E-state index contributed by atoms with van der Waals surface area (Å²) in [5, 5.41) is 22.4. The summed E-state index contributed by atoms with van der Waals surface area (Å²) in [6.07, 6.45) is 1.43. The SMILES string of the molecule is O=C(O)c1cc(Nc2ncnc3ccc(Br)cc23)ccc1O. The molecule has 1 aromatic heterocycles. The van der Waals surface area contributed by atoms with E-state index in [2.05, 4.69) is 31.2 Å². The Morgan fingerprint density at radius 3 is 2.73 bits per heavy atom. The molecule has 1 heterocycles. The fourth-order valence-corrected chi connectivity index (χ4v) is 2.41. The quantitative estimate of drug-likeness (QED) is 0.619. The average Bonchev–Trinajstić information content (AvgIpc) is 2.49. The number of aromatic nitrogens is 2. The van der Waals surface area contributed by atoms with Gasteiger partial charge in [-0.1, -0.05) is 15.9 Å². The van der Waals surface area contributed by atoms with Gasteiger partial charge in [-0.25, -0.2) is 14.8 Å². The Bertz CT molecular complexity index is 883. The van der Waals surface area contributed by atoms with Gasteiger partial charge in [-0.15, -0.1) is 0 Å². The maximum Gasteiger partial charge on any atom is 0.339 e. The van der Waals surface area contributed by atoms with Gasteiger partial charge < -0.3 is 15.5 Å². The molecule has 0 saturated heterocycles. The molecule has 0 aliphatic heterocycles. The van der Waals surface area contributed by atoms with Gasteiger partial charge in [-0.05, 0) is 36.4 Å². The first-order valence-electron chi connectivity index (χ1n) is 6.28. The van der Waals surface area contributed by atoms with Crippen LogP contribution in [0.2, 0.25) is 0 Å². The predicted octanol–water partition coefficient (Wildman–Crippen LogP) is 3.54. The molecule has 0 radical (unpaired) electrons. The number of aromatic hydroxyl groups is 1. The molecule has 3 N–H and O–H groups in total. The van der Waals surface area contributed by atoms with E-state index >= 15 is 0 Å². The Morgan fingerprint density at radius 2 is 1.95 bits per heavy atom. The number of aromatic carboxylic acids is 1. The first kappa shape index (κ1) is 14.3. The Kier molecular flexibility index (Phi) is 3.64. The smallest absolute Gasteiger partial charge is 0.339 e. The van der Waals surface area contributed by atoms with E-state index < -0.39 is 5.97 Å². The van der Waals surface area contributed by atoms with Gasteiger partial charge in [0.15, 0.2) is 0 Å². The van der Waals surface area contributed by atoms with Crippen LogP contribution in [0.25, 0.3) is 10.9 Å². The van der Waals surface area contributed by atoms with Crippen LogP contribution in [0.1, 0.15) is 10.4 Å². The zero-order valence-corrected chi connectivity index (χ0v) is 12.7. The third kappa shape index (κ3) is 2.71. The number of carboxylic acids is 1. The summed E-state index contributed by atoms with van der Waals surface area (Å²) in [5.74, 6) is -0.932. The van der Waals surface area contributed by atoms with Crippen molar-refractivity contribution in [2.24, 2.45) is 0 Å². The number of hydrogen-bond acceptors (Lipinski definition) is 5. The van der Waals surface area contributed by atoms with Crippen LogP contribution >= 0.6 is 15.9 Å². The van der Waals surface area contributed by atoms with Crippen molar-refractivity contribution in [3.8, 4) is 5.75 Å². The Hall–Kier alpha value is -2.67. The van der Waals surface area contributed by atoms with Crippen molar-refractivity contribution in [1.29, 1.82) is 0 Å². The van der Waals surface area contributed by atoms with Crippen LogP contribution in [0.5, 0.6) is 5.75 Å². The number of halogens is 1. The van der Waals surface area contributed by atoms with E-state index in [0.717, 1.165) is 15.4 Å². The van der Waals surface area contributed by atoms with Crippen molar-refractivity contribution in [3.63, 3.8) is 0 Å². The van der Waals surface area contributed by atoms with Crippen LogP contribution in [0.15, 0.2) is 47.2 Å². The van der Waals surface area contributed by atoms with Gasteiger partial charge in [0.1, 0.15) is 23.5 Å². The standard InChI is InChI=1S/C15H10BrN3O3/c16-8-1-3-12-10(5-8)14(18-7-17-12)19-9-2-4-13(20)11(6-9)15(21)22/h1-7,20H,(H,21,22)(H,17,18,19). The van der Waals surface area contributed by atoms with E-state index in [1.165, 1.54) is 18.5 Å². The van der Waals surface area contributed by atoms with Crippen molar-refractivity contribution < 1.29 is 15.0 Å². The lowest BCUT2D eigenvalue weighted by Crippen LogP contribution is -2.00. The highest BCUT2D eigenvalue weighted by atomic mass is 79.9. The fourth-order valence-electron chi connectivity index (χ4n) is 2.05. The highest BCUT2D eigenvalue weighted by Crippen LogP contribution is 2.28. The Labute approximate surface area is 133 Å². The Balaban J connectivity index is 2.05. The number of hydrogen-bond donors (Lipinski definition) is 3. The second-order valence-corrected chi connectivity index (χ2v) is 5.46. The van der Waals surface area contributed by atoms with Crippen LogP contribution in [0.4, 0.5) is 11.5 Å². The second-order valence-electron chi connectivity index (χ2n) is 4.55. The molecule has 6 nitrogen and oxygen atoms in total. The molecule has 0 fully saturated rings. The van der Waals surface area contributed by atoms with Crippen LogP contribution in [-0.4, -0.2) is 26.2 Å². The number of carboxylic acid groups (broad SMARTS) is 1. The van der Waals surface area contributed by atoms with Crippen LogP contribution in [0, 0.1) is 0 Å². The van der Waals surface area contributed by atoms with E-state index in [1.54, 1.807) is 6.07 Å². The predicted molar refractivity (Wildman–Crippen MR) is 85.6 cm³/mol. The van der Waals surface area contributed by atoms with Crippen molar-refractivity contribution in [3.05, 3.63) is 52.8 Å². The summed E-state index contributed by atoms with van der Waals surface area (Å²) in [4.78, 5) is 19.4. The zero-order chi connectivity index (χ0) is 15.7. The highest BCUT2D eigenvalue weighted by Gasteiger charge is 2.11. The maximum absolute atomic E-state index is 11.1. The van der Waals surface area contributed by atoms with E-state index in [9.17, 15) is 9.90 Å². The molecule has 22 heavy (non-hydrogen) atoms. The minimum absolute atomic E-state index is 0.176. The lowest BCUT2D eigenvalue weighted by molar-refractivity contribution is 0.0694. The van der Waals surface area contributed by atoms with E-state index in [0.29, 0.717) is 11.5 Å². The summed E-state index contributed by atoms with van der Waals surface area (Å²) in [7, 11) is 0. The monoisotopic (exact) mass is 359 g/mol. The molecule has 0 unspecified atom stereocenters. The molecule has 110 valence electrons. The molecular formula is C15H10BrN3O3. The van der Waals surface area contributed by atoms with Crippen LogP contribution in [0.3, 0.4) is 0 Å². The first-order valence-corrected chi connectivity index (χ1v) is 7.07. The largest absolute Gasteiger partial charge is 0.507 e. The molecule has 3 rings (SSSR count). The lowest BCUT2D eigenvalue weighted by Gasteiger charge is -2.10. The van der Waals surface area contributed by atoms with E-state index in [-0.39, 0.29) is 11.3 Å². The van der Waals surface area contributed by atoms with E-state index in [1.807, 2.05) is 18.2 Å². The second kappa shape index (κ2) is 5.61. The van der Waals surface area contributed by atoms with Gasteiger partial charge in [0, 0.05) is 15.5 Å². The zero-order valence-electron chi connectivity index (χ0n) is 11.1. The Morgan fingerprint density at radius 1 is 1.14 bits per heavy atom. The van der Waals surface area contributed by atoms with Crippen molar-refractivity contribution >= 4 is 44.3 Å². The molecule has 3 aromatic rings. The number of fused-ring (bicyclic) bond motifs is 1. The average molecular weight is 360 g/mol. The summed E-state index contributed by atoms with van der Waals surface area (Å²) >= 11 is 3.40. The summed E-state index contributed by atoms with van der Waals surface area (Å²) in [6.45, 7) is 0. The summed E-state index contributed by atoms with van der Waals surface area (Å²) in [5.41, 5.74) is 1.10. The number of carbonyl (C=O) groups is 1. The van der Waals surface area contributed by atoms with Crippen molar-refractivity contribution in [1.82, 2.24) is 9.97 Å². The molecule has 0 bridgehead atoms. The number of rotatable bonds is 3. The molecule has 0 atom stereocenters. The summed E-state index contributed by atoms with van der Waals surface area (Å²) < 4.78 is 0.884. The topological polar surface area (TPSA) is 95.3 Å². The summed E-state index contributed by atoms with van der Waals surface area (Å²) in [6, 6.07) is 9.85. The molecule has 0 aliphatic carbocycles. The third-order valence-corrected chi connectivity index (χ3v) is 3.58. The molecule has 2 aromatic carbocycles. The van der Waals surface area contributed by atoms with Gasteiger partial charge in [0.05, 0.1) is 5.52 Å². The lowest BCUT2D eigenvalue weighted by atomic mass is 10.1. The number of nitrogens with zero attached hydrogens (tertiary/aromatic N) is 2. The minimum atomic E-state index is -1.20. The first-order chi connectivity index (χ1) is 10.5. The molecule has 0 saturated carbocycles. The number of benzene rings is 2. The van der Waals surface area contributed by atoms with Crippen LogP contribution < -0.4 is 5.32 Å².